The van der Waals surface area contributed by atoms with Gasteiger partial charge in [-0.2, -0.15) is 5.10 Å². The van der Waals surface area contributed by atoms with Gasteiger partial charge in [-0.1, -0.05) is 0 Å². The van der Waals surface area contributed by atoms with E-state index >= 15 is 0 Å². The summed E-state index contributed by atoms with van der Waals surface area (Å²) in [5.74, 6) is 0. The zero-order valence-electron chi connectivity index (χ0n) is 7.00. The summed E-state index contributed by atoms with van der Waals surface area (Å²) >= 11 is 0. The lowest BCUT2D eigenvalue weighted by atomic mass is 10.4. The molecule has 0 amide bonds. The number of hydrogen-bond acceptors (Lipinski definition) is 3. The molecule has 0 atom stereocenters. The van der Waals surface area contributed by atoms with Crippen LogP contribution in [0.25, 0.3) is 11.0 Å². The number of H-pyrrole nitrogens is 2. The molecule has 0 aromatic carbocycles. The van der Waals surface area contributed by atoms with Gasteiger partial charge in [-0.05, 0) is 6.92 Å². The number of nitrogens with zero attached hydrogens (tertiary/aromatic N) is 2. The molecule has 0 saturated carbocycles. The van der Waals surface area contributed by atoms with Crippen molar-refractivity contribution in [3.63, 3.8) is 0 Å². The fourth-order valence-electron chi connectivity index (χ4n) is 1.23. The number of nitrogens with one attached hydrogen (secondary N) is 2. The largest absolute Gasteiger partial charge is 0.327 e. The van der Waals surface area contributed by atoms with Gasteiger partial charge in [0.1, 0.15) is 11.0 Å². The Bertz CT molecular complexity index is 547. The molecule has 6 heteroatoms. The molecular weight excluding hydrogens is 172 g/mol. The van der Waals surface area contributed by atoms with Crippen molar-refractivity contribution in [2.45, 2.75) is 13.5 Å². The molecule has 0 fully saturated rings. The van der Waals surface area contributed by atoms with Crippen LogP contribution in [0.5, 0.6) is 0 Å². The van der Waals surface area contributed by atoms with Gasteiger partial charge < -0.3 is 0 Å². The van der Waals surface area contributed by atoms with Crippen molar-refractivity contribution in [2.24, 2.45) is 0 Å². The minimum absolute atomic E-state index is 0.404. The van der Waals surface area contributed by atoms with Gasteiger partial charge in [0.15, 0.2) is 0 Å². The fraction of sp³-hybridized carbons (Fsp3) is 0.286. The topological polar surface area (TPSA) is 83.5 Å². The zero-order valence-corrected chi connectivity index (χ0v) is 7.00. The van der Waals surface area contributed by atoms with E-state index in [1.165, 1.54) is 6.20 Å². The third kappa shape index (κ3) is 1.07. The highest BCUT2D eigenvalue weighted by atomic mass is 16.2. The van der Waals surface area contributed by atoms with Gasteiger partial charge in [0.25, 0.3) is 5.56 Å². The summed E-state index contributed by atoms with van der Waals surface area (Å²) in [5, 5.41) is 4.35. The molecule has 13 heavy (non-hydrogen) atoms. The minimum atomic E-state index is -0.507. The summed E-state index contributed by atoms with van der Waals surface area (Å²) < 4.78 is 1.56. The lowest BCUT2D eigenvalue weighted by Crippen LogP contribution is -2.22. The minimum Gasteiger partial charge on any atom is -0.292 e. The van der Waals surface area contributed by atoms with E-state index in [0.717, 1.165) is 0 Å². The molecule has 0 radical (unpaired) electrons. The second-order valence-corrected chi connectivity index (χ2v) is 2.63. The normalized spacial score (nSPS) is 10.8. The Morgan fingerprint density at radius 2 is 2.23 bits per heavy atom. The highest BCUT2D eigenvalue weighted by Gasteiger charge is 2.05. The Morgan fingerprint density at radius 1 is 1.46 bits per heavy atom. The molecule has 0 bridgehead atoms. The van der Waals surface area contributed by atoms with E-state index in [0.29, 0.717) is 17.6 Å². The molecule has 6 nitrogen and oxygen atoms in total. The summed E-state index contributed by atoms with van der Waals surface area (Å²) in [5.41, 5.74) is -0.442. The number of fused-ring (bicyclic) bond motifs is 1. The SMILES string of the molecule is CCn1ncc2c(=O)[nH]c(=O)[nH]c21. The average molecular weight is 180 g/mol. The zero-order chi connectivity index (χ0) is 9.42. The van der Waals surface area contributed by atoms with Crippen molar-refractivity contribution in [1.82, 2.24) is 19.7 Å². The molecule has 0 spiro atoms. The molecule has 0 unspecified atom stereocenters. The molecule has 0 aliphatic heterocycles. The molecule has 0 aliphatic rings. The van der Waals surface area contributed by atoms with E-state index in [-0.39, 0.29) is 0 Å². The number of aromatic amines is 2. The van der Waals surface area contributed by atoms with Crippen LogP contribution in [-0.4, -0.2) is 19.7 Å². The van der Waals surface area contributed by atoms with Crippen LogP contribution in [0.1, 0.15) is 6.92 Å². The van der Waals surface area contributed by atoms with Gasteiger partial charge in [-0.25, -0.2) is 9.48 Å². The van der Waals surface area contributed by atoms with Crippen molar-refractivity contribution in [3.8, 4) is 0 Å². The van der Waals surface area contributed by atoms with E-state index in [2.05, 4.69) is 15.1 Å². The first kappa shape index (κ1) is 7.78. The van der Waals surface area contributed by atoms with Crippen molar-refractivity contribution >= 4 is 11.0 Å². The van der Waals surface area contributed by atoms with Crippen molar-refractivity contribution < 1.29 is 0 Å². The standard InChI is InChI=1S/C7H8N4O2/c1-2-11-5-4(3-8-11)6(12)10-7(13)9-5/h3H,2H2,1H3,(H2,9,10,12,13). The Kier molecular flexibility index (Phi) is 1.54. The monoisotopic (exact) mass is 180 g/mol. The van der Waals surface area contributed by atoms with Crippen LogP contribution in [0, 0.1) is 0 Å². The molecule has 0 saturated heterocycles. The van der Waals surface area contributed by atoms with Crippen LogP contribution >= 0.6 is 0 Å². The van der Waals surface area contributed by atoms with E-state index in [1.807, 2.05) is 6.92 Å². The van der Waals surface area contributed by atoms with Crippen LogP contribution < -0.4 is 11.2 Å². The van der Waals surface area contributed by atoms with Gasteiger partial charge in [-0.15, -0.1) is 0 Å². The molecule has 2 N–H and O–H groups in total. The lowest BCUT2D eigenvalue weighted by Gasteiger charge is -1.95. The Balaban J connectivity index is 2.98. The second kappa shape index (κ2) is 2.58. The van der Waals surface area contributed by atoms with Crippen LogP contribution in [0.2, 0.25) is 0 Å². The summed E-state index contributed by atoms with van der Waals surface area (Å²) in [6.07, 6.45) is 1.44. The Labute approximate surface area is 72.2 Å². The molecule has 2 heterocycles. The van der Waals surface area contributed by atoms with Crippen LogP contribution in [0.15, 0.2) is 15.8 Å². The first-order valence-electron chi connectivity index (χ1n) is 3.90. The fourth-order valence-corrected chi connectivity index (χ4v) is 1.23. The van der Waals surface area contributed by atoms with E-state index < -0.39 is 11.2 Å². The summed E-state index contributed by atoms with van der Waals surface area (Å²) in [7, 11) is 0. The first-order chi connectivity index (χ1) is 6.22. The van der Waals surface area contributed by atoms with Crippen molar-refractivity contribution in [1.29, 1.82) is 0 Å². The summed E-state index contributed by atoms with van der Waals surface area (Å²) in [4.78, 5) is 26.8. The van der Waals surface area contributed by atoms with Gasteiger partial charge in [0.05, 0.1) is 6.20 Å². The third-order valence-corrected chi connectivity index (χ3v) is 1.84. The lowest BCUT2D eigenvalue weighted by molar-refractivity contribution is 0.675. The molecule has 68 valence electrons. The Morgan fingerprint density at radius 3 is 2.92 bits per heavy atom. The first-order valence-corrected chi connectivity index (χ1v) is 3.90. The molecule has 2 aromatic heterocycles. The van der Waals surface area contributed by atoms with Crippen molar-refractivity contribution in [3.05, 3.63) is 27.0 Å². The number of hydrogen-bond donors (Lipinski definition) is 2. The molecule has 2 rings (SSSR count). The number of aromatic nitrogens is 4. The molecular formula is C7H8N4O2. The van der Waals surface area contributed by atoms with Gasteiger partial charge in [-0.3, -0.25) is 14.8 Å². The Hall–Kier alpha value is -1.85. The number of aryl methyl sites for hydroxylation is 1. The van der Waals surface area contributed by atoms with Crippen LogP contribution in [0.4, 0.5) is 0 Å². The highest BCUT2D eigenvalue weighted by Crippen LogP contribution is 2.01. The van der Waals surface area contributed by atoms with Gasteiger partial charge in [0, 0.05) is 6.54 Å². The average Bonchev–Trinajstić information content (AvgIpc) is 2.47. The van der Waals surface area contributed by atoms with Gasteiger partial charge in [0.2, 0.25) is 0 Å². The highest BCUT2D eigenvalue weighted by molar-refractivity contribution is 5.72. The molecule has 2 aromatic rings. The quantitative estimate of drug-likeness (QED) is 0.616. The van der Waals surface area contributed by atoms with E-state index in [4.69, 9.17) is 0 Å². The van der Waals surface area contributed by atoms with Crippen LogP contribution in [0.3, 0.4) is 0 Å². The predicted molar refractivity (Wildman–Crippen MR) is 46.6 cm³/mol. The van der Waals surface area contributed by atoms with E-state index in [1.54, 1.807) is 4.68 Å². The number of rotatable bonds is 1. The smallest absolute Gasteiger partial charge is 0.292 e. The van der Waals surface area contributed by atoms with Gasteiger partial charge >= 0.3 is 5.69 Å². The second-order valence-electron chi connectivity index (χ2n) is 2.63. The molecule has 0 aliphatic carbocycles. The third-order valence-electron chi connectivity index (χ3n) is 1.84. The summed E-state index contributed by atoms with van der Waals surface area (Å²) in [6.45, 7) is 2.49. The van der Waals surface area contributed by atoms with Crippen molar-refractivity contribution in [2.75, 3.05) is 0 Å². The maximum Gasteiger partial charge on any atom is 0.327 e. The maximum absolute atomic E-state index is 11.2. The summed E-state index contributed by atoms with van der Waals surface area (Å²) in [6, 6.07) is 0. The maximum atomic E-state index is 11.2. The van der Waals surface area contributed by atoms with Crippen LogP contribution in [-0.2, 0) is 6.54 Å². The predicted octanol–water partition coefficient (Wildman–Crippen LogP) is -0.567. The van der Waals surface area contributed by atoms with E-state index in [9.17, 15) is 9.59 Å².